The predicted molar refractivity (Wildman–Crippen MR) is 57.0 cm³/mol. The van der Waals surface area contributed by atoms with Crippen molar-refractivity contribution < 1.29 is 9.90 Å². The molecule has 0 unspecified atom stereocenters. The van der Waals surface area contributed by atoms with Crippen LogP contribution in [0.25, 0.3) is 0 Å². The Labute approximate surface area is 88.5 Å². The molecule has 0 amide bonds. The Bertz CT molecular complexity index is 334. The van der Waals surface area contributed by atoms with Gasteiger partial charge in [-0.1, -0.05) is 31.0 Å². The van der Waals surface area contributed by atoms with Crippen LogP contribution >= 0.6 is 11.6 Å². The van der Waals surface area contributed by atoms with E-state index in [0.717, 1.165) is 24.8 Å². The van der Waals surface area contributed by atoms with Gasteiger partial charge in [-0.05, 0) is 30.5 Å². The fourth-order valence-corrected chi connectivity index (χ4v) is 1.51. The largest absolute Gasteiger partial charge is 0.478 e. The van der Waals surface area contributed by atoms with Crippen molar-refractivity contribution in [1.29, 1.82) is 0 Å². The Morgan fingerprint density at radius 2 is 2.21 bits per heavy atom. The van der Waals surface area contributed by atoms with Crippen LogP contribution in [0.2, 0.25) is 5.02 Å². The van der Waals surface area contributed by atoms with E-state index in [-0.39, 0.29) is 0 Å². The molecule has 0 atom stereocenters. The number of halogens is 1. The molecule has 0 radical (unpaired) electrons. The molecule has 3 heteroatoms. The van der Waals surface area contributed by atoms with E-state index < -0.39 is 5.97 Å². The van der Waals surface area contributed by atoms with Crippen LogP contribution in [0, 0.1) is 0 Å². The summed E-state index contributed by atoms with van der Waals surface area (Å²) in [5.74, 6) is -0.904. The highest BCUT2D eigenvalue weighted by molar-refractivity contribution is 6.30. The Hall–Kier alpha value is -1.02. The molecule has 14 heavy (non-hydrogen) atoms. The van der Waals surface area contributed by atoms with Gasteiger partial charge in [0.05, 0.1) is 5.56 Å². The van der Waals surface area contributed by atoms with Gasteiger partial charge in [0, 0.05) is 5.02 Å². The van der Waals surface area contributed by atoms with Crippen LogP contribution in [-0.2, 0) is 6.42 Å². The number of unbranched alkanes of at least 4 members (excludes halogenated alkanes) is 1. The maximum Gasteiger partial charge on any atom is 0.336 e. The normalized spacial score (nSPS) is 10.1. The average Bonchev–Trinajstić information content (AvgIpc) is 2.15. The predicted octanol–water partition coefficient (Wildman–Crippen LogP) is 3.38. The number of aromatic carboxylic acids is 1. The van der Waals surface area contributed by atoms with E-state index in [1.165, 1.54) is 6.07 Å². The van der Waals surface area contributed by atoms with Crippen LogP contribution in [0.15, 0.2) is 18.2 Å². The van der Waals surface area contributed by atoms with Gasteiger partial charge in [0.1, 0.15) is 0 Å². The van der Waals surface area contributed by atoms with Gasteiger partial charge in [-0.2, -0.15) is 0 Å². The van der Waals surface area contributed by atoms with Crippen LogP contribution < -0.4 is 0 Å². The van der Waals surface area contributed by atoms with Crippen molar-refractivity contribution in [2.45, 2.75) is 26.2 Å². The number of carbonyl (C=O) groups is 1. The lowest BCUT2D eigenvalue weighted by Gasteiger charge is -2.05. The molecule has 0 saturated carbocycles. The molecule has 0 fully saturated rings. The van der Waals surface area contributed by atoms with E-state index >= 15 is 0 Å². The summed E-state index contributed by atoms with van der Waals surface area (Å²) >= 11 is 5.73. The van der Waals surface area contributed by atoms with Gasteiger partial charge in [-0.3, -0.25) is 0 Å². The second kappa shape index (κ2) is 5.01. The quantitative estimate of drug-likeness (QED) is 0.831. The van der Waals surface area contributed by atoms with Gasteiger partial charge in [0.2, 0.25) is 0 Å². The summed E-state index contributed by atoms with van der Waals surface area (Å²) in [5, 5.41) is 9.41. The van der Waals surface area contributed by atoms with Crippen molar-refractivity contribution in [2.24, 2.45) is 0 Å². The molecule has 0 heterocycles. The van der Waals surface area contributed by atoms with E-state index in [0.29, 0.717) is 10.6 Å². The molecule has 1 rings (SSSR count). The van der Waals surface area contributed by atoms with Gasteiger partial charge >= 0.3 is 5.97 Å². The number of aryl methyl sites for hydroxylation is 1. The Kier molecular flexibility index (Phi) is 3.96. The third kappa shape index (κ3) is 2.74. The molecule has 0 bridgehead atoms. The zero-order valence-corrected chi connectivity index (χ0v) is 8.84. The summed E-state index contributed by atoms with van der Waals surface area (Å²) in [6, 6.07) is 5.04. The monoisotopic (exact) mass is 212 g/mol. The average molecular weight is 213 g/mol. The Morgan fingerprint density at radius 1 is 1.50 bits per heavy atom. The number of carboxylic acids is 1. The molecular weight excluding hydrogens is 200 g/mol. The van der Waals surface area contributed by atoms with Crippen molar-refractivity contribution >= 4 is 17.6 Å². The highest BCUT2D eigenvalue weighted by Crippen LogP contribution is 2.18. The SMILES string of the molecule is CCCCc1ccc(Cl)cc1C(=O)O. The standard InChI is InChI=1S/C11H13ClO2/c1-2-3-4-8-5-6-9(12)7-10(8)11(13)14/h5-7H,2-4H2,1H3,(H,13,14). The van der Waals surface area contributed by atoms with E-state index in [1.54, 1.807) is 12.1 Å². The minimum atomic E-state index is -0.904. The maximum absolute atomic E-state index is 10.9. The van der Waals surface area contributed by atoms with Crippen molar-refractivity contribution in [2.75, 3.05) is 0 Å². The third-order valence-electron chi connectivity index (χ3n) is 2.10. The molecule has 76 valence electrons. The minimum absolute atomic E-state index is 0.325. The van der Waals surface area contributed by atoms with E-state index in [4.69, 9.17) is 16.7 Å². The smallest absolute Gasteiger partial charge is 0.336 e. The molecule has 0 aliphatic heterocycles. The maximum atomic E-state index is 10.9. The first-order valence-corrected chi connectivity index (χ1v) is 5.04. The molecular formula is C11H13ClO2. The molecule has 1 aromatic carbocycles. The zero-order valence-electron chi connectivity index (χ0n) is 8.09. The molecule has 0 aliphatic rings. The molecule has 0 aliphatic carbocycles. The fraction of sp³-hybridized carbons (Fsp3) is 0.364. The summed E-state index contributed by atoms with van der Waals surface area (Å²) in [6.07, 6.45) is 2.86. The van der Waals surface area contributed by atoms with Crippen molar-refractivity contribution in [3.05, 3.63) is 34.3 Å². The molecule has 1 aromatic rings. The number of hydrogen-bond acceptors (Lipinski definition) is 1. The first-order valence-electron chi connectivity index (χ1n) is 4.67. The Balaban J connectivity index is 2.96. The van der Waals surface area contributed by atoms with E-state index in [1.807, 2.05) is 0 Å². The zero-order chi connectivity index (χ0) is 10.6. The molecule has 0 aromatic heterocycles. The summed E-state index contributed by atoms with van der Waals surface area (Å²) in [7, 11) is 0. The summed E-state index contributed by atoms with van der Waals surface area (Å²) in [5.41, 5.74) is 1.19. The van der Waals surface area contributed by atoms with Crippen LogP contribution in [0.4, 0.5) is 0 Å². The van der Waals surface area contributed by atoms with Crippen LogP contribution in [0.1, 0.15) is 35.7 Å². The highest BCUT2D eigenvalue weighted by atomic mass is 35.5. The Morgan fingerprint density at radius 3 is 2.79 bits per heavy atom. The second-order valence-electron chi connectivity index (χ2n) is 3.21. The van der Waals surface area contributed by atoms with Gasteiger partial charge in [-0.25, -0.2) is 4.79 Å². The van der Waals surface area contributed by atoms with Crippen molar-refractivity contribution in [1.82, 2.24) is 0 Å². The lowest BCUT2D eigenvalue weighted by Crippen LogP contribution is -2.02. The topological polar surface area (TPSA) is 37.3 Å². The first-order chi connectivity index (χ1) is 6.65. The summed E-state index contributed by atoms with van der Waals surface area (Å²) in [6.45, 7) is 2.08. The van der Waals surface area contributed by atoms with Crippen molar-refractivity contribution in [3.8, 4) is 0 Å². The highest BCUT2D eigenvalue weighted by Gasteiger charge is 2.09. The summed E-state index contributed by atoms with van der Waals surface area (Å²) in [4.78, 5) is 10.9. The first kappa shape index (κ1) is 11.1. The number of carboxylic acid groups (broad SMARTS) is 1. The number of benzene rings is 1. The lowest BCUT2D eigenvalue weighted by atomic mass is 10.0. The van der Waals surface area contributed by atoms with Gasteiger partial charge in [-0.15, -0.1) is 0 Å². The van der Waals surface area contributed by atoms with Crippen LogP contribution in [0.5, 0.6) is 0 Å². The fourth-order valence-electron chi connectivity index (χ4n) is 1.33. The van der Waals surface area contributed by atoms with Crippen LogP contribution in [0.3, 0.4) is 0 Å². The molecule has 0 spiro atoms. The summed E-state index contributed by atoms with van der Waals surface area (Å²) < 4.78 is 0. The third-order valence-corrected chi connectivity index (χ3v) is 2.34. The molecule has 2 nitrogen and oxygen atoms in total. The van der Waals surface area contributed by atoms with Crippen LogP contribution in [-0.4, -0.2) is 11.1 Å². The number of hydrogen-bond donors (Lipinski definition) is 1. The molecule has 0 saturated heterocycles. The van der Waals surface area contributed by atoms with E-state index in [2.05, 4.69) is 6.92 Å². The lowest BCUT2D eigenvalue weighted by molar-refractivity contribution is 0.0695. The van der Waals surface area contributed by atoms with Gasteiger partial charge in [0.15, 0.2) is 0 Å². The second-order valence-corrected chi connectivity index (χ2v) is 3.65. The van der Waals surface area contributed by atoms with Gasteiger partial charge in [0.25, 0.3) is 0 Å². The van der Waals surface area contributed by atoms with Crippen molar-refractivity contribution in [3.63, 3.8) is 0 Å². The molecule has 1 N–H and O–H groups in total. The van der Waals surface area contributed by atoms with E-state index in [9.17, 15) is 4.79 Å². The minimum Gasteiger partial charge on any atom is -0.478 e. The van der Waals surface area contributed by atoms with Gasteiger partial charge < -0.3 is 5.11 Å². The number of rotatable bonds is 4.